The van der Waals surface area contributed by atoms with E-state index in [2.05, 4.69) is 35.2 Å². The normalized spacial score (nSPS) is 10.1. The number of rotatable bonds is 4. The molecule has 0 heterocycles. The Bertz CT molecular complexity index is 276. The Morgan fingerprint density at radius 1 is 1.46 bits per heavy atom. The van der Waals surface area contributed by atoms with Gasteiger partial charge in [0.15, 0.2) is 0 Å². The molecule has 1 aromatic carbocycles. The Morgan fingerprint density at radius 3 is 2.92 bits per heavy atom. The van der Waals surface area contributed by atoms with Gasteiger partial charge in [0.1, 0.15) is 5.75 Å². The van der Waals surface area contributed by atoms with Crippen LogP contribution in [0.2, 0.25) is 0 Å². The van der Waals surface area contributed by atoms with Gasteiger partial charge in [0.05, 0.1) is 6.61 Å². The van der Waals surface area contributed by atoms with Gasteiger partial charge < -0.3 is 4.74 Å². The van der Waals surface area contributed by atoms with Gasteiger partial charge in [-0.15, -0.1) is 0 Å². The lowest BCUT2D eigenvalue weighted by Gasteiger charge is -2.08. The van der Waals surface area contributed by atoms with Crippen LogP contribution >= 0.6 is 27.7 Å². The molecule has 0 saturated heterocycles. The van der Waals surface area contributed by atoms with Crippen molar-refractivity contribution < 1.29 is 4.74 Å². The first kappa shape index (κ1) is 10.9. The van der Waals surface area contributed by atoms with Gasteiger partial charge in [-0.05, 0) is 30.9 Å². The maximum Gasteiger partial charge on any atom is 0.123 e. The monoisotopic (exact) mass is 260 g/mol. The van der Waals surface area contributed by atoms with E-state index in [1.807, 2.05) is 12.1 Å². The molecule has 0 saturated carbocycles. The molecule has 1 aromatic rings. The van der Waals surface area contributed by atoms with Gasteiger partial charge in [-0.2, -0.15) is 11.8 Å². The van der Waals surface area contributed by atoms with E-state index in [4.69, 9.17) is 4.74 Å². The van der Waals surface area contributed by atoms with Crippen LogP contribution in [0.3, 0.4) is 0 Å². The summed E-state index contributed by atoms with van der Waals surface area (Å²) in [6, 6.07) is 6.09. The zero-order chi connectivity index (χ0) is 9.68. The highest BCUT2D eigenvalue weighted by Gasteiger charge is 1.99. The molecular weight excluding hydrogens is 248 g/mol. The standard InChI is InChI=1S/C10H13BrOS/c1-8-3-4-9(11)7-10(8)12-5-6-13-2/h3-4,7H,5-6H2,1-2H3. The van der Waals surface area contributed by atoms with Crippen LogP contribution in [0.1, 0.15) is 5.56 Å². The zero-order valence-electron chi connectivity index (χ0n) is 7.84. The van der Waals surface area contributed by atoms with E-state index in [1.54, 1.807) is 11.8 Å². The van der Waals surface area contributed by atoms with Gasteiger partial charge in [0, 0.05) is 10.2 Å². The van der Waals surface area contributed by atoms with Crippen LogP contribution < -0.4 is 4.74 Å². The average Bonchev–Trinajstić information content (AvgIpc) is 2.11. The van der Waals surface area contributed by atoms with Gasteiger partial charge in [0.25, 0.3) is 0 Å². The predicted molar refractivity (Wildman–Crippen MR) is 62.8 cm³/mol. The number of halogens is 1. The summed E-state index contributed by atoms with van der Waals surface area (Å²) < 4.78 is 6.67. The maximum atomic E-state index is 5.61. The molecule has 0 unspecified atom stereocenters. The Kier molecular flexibility index (Phi) is 4.67. The second-order valence-electron chi connectivity index (χ2n) is 2.75. The van der Waals surface area contributed by atoms with Crippen LogP contribution in [-0.2, 0) is 0 Å². The summed E-state index contributed by atoms with van der Waals surface area (Å²) in [4.78, 5) is 0. The third-order valence-corrected chi connectivity index (χ3v) is 2.76. The third-order valence-electron chi connectivity index (χ3n) is 1.70. The molecule has 0 aliphatic heterocycles. The van der Waals surface area contributed by atoms with Crippen LogP contribution in [0.25, 0.3) is 0 Å². The van der Waals surface area contributed by atoms with Gasteiger partial charge in [-0.25, -0.2) is 0 Å². The van der Waals surface area contributed by atoms with Gasteiger partial charge in [-0.1, -0.05) is 22.0 Å². The van der Waals surface area contributed by atoms with Crippen molar-refractivity contribution in [1.82, 2.24) is 0 Å². The molecule has 0 N–H and O–H groups in total. The van der Waals surface area contributed by atoms with E-state index in [-0.39, 0.29) is 0 Å². The average molecular weight is 261 g/mol. The second-order valence-corrected chi connectivity index (χ2v) is 4.65. The highest BCUT2D eigenvalue weighted by Crippen LogP contribution is 2.22. The topological polar surface area (TPSA) is 9.23 Å². The lowest BCUT2D eigenvalue weighted by atomic mass is 10.2. The van der Waals surface area contributed by atoms with Gasteiger partial charge in [-0.3, -0.25) is 0 Å². The molecule has 13 heavy (non-hydrogen) atoms. The minimum Gasteiger partial charge on any atom is -0.492 e. The summed E-state index contributed by atoms with van der Waals surface area (Å²) in [5.74, 6) is 2.01. The first-order valence-corrected chi connectivity index (χ1v) is 6.30. The van der Waals surface area contributed by atoms with Crippen molar-refractivity contribution in [3.05, 3.63) is 28.2 Å². The third kappa shape index (κ3) is 3.61. The molecular formula is C10H13BrOS. The maximum absolute atomic E-state index is 5.61. The van der Waals surface area contributed by atoms with Crippen LogP contribution in [0.5, 0.6) is 5.75 Å². The Hall–Kier alpha value is -0.150. The Balaban J connectivity index is 2.59. The molecule has 0 spiro atoms. The largest absolute Gasteiger partial charge is 0.492 e. The molecule has 0 fully saturated rings. The molecule has 3 heteroatoms. The minimum atomic E-state index is 0.776. The van der Waals surface area contributed by atoms with Crippen molar-refractivity contribution >= 4 is 27.7 Å². The van der Waals surface area contributed by atoms with Crippen molar-refractivity contribution in [3.8, 4) is 5.75 Å². The molecule has 72 valence electrons. The molecule has 0 bridgehead atoms. The first-order valence-electron chi connectivity index (χ1n) is 4.12. The van der Waals surface area contributed by atoms with Crippen LogP contribution in [0.4, 0.5) is 0 Å². The van der Waals surface area contributed by atoms with Crippen LogP contribution in [0.15, 0.2) is 22.7 Å². The predicted octanol–water partition coefficient (Wildman–Crippen LogP) is 3.50. The van der Waals surface area contributed by atoms with Crippen molar-refractivity contribution in [2.24, 2.45) is 0 Å². The molecule has 0 aliphatic carbocycles. The SMILES string of the molecule is CSCCOc1cc(Br)ccc1C. The van der Waals surface area contributed by atoms with Crippen molar-refractivity contribution in [1.29, 1.82) is 0 Å². The summed E-state index contributed by atoms with van der Waals surface area (Å²) in [5, 5.41) is 0. The lowest BCUT2D eigenvalue weighted by molar-refractivity contribution is 0.341. The van der Waals surface area contributed by atoms with E-state index in [1.165, 1.54) is 5.56 Å². The Labute approximate surface area is 92.0 Å². The van der Waals surface area contributed by atoms with E-state index in [0.29, 0.717) is 0 Å². The second kappa shape index (κ2) is 5.55. The van der Waals surface area contributed by atoms with Crippen LogP contribution in [-0.4, -0.2) is 18.6 Å². The van der Waals surface area contributed by atoms with Crippen molar-refractivity contribution in [2.75, 3.05) is 18.6 Å². The molecule has 0 amide bonds. The number of benzene rings is 1. The number of hydrogen-bond acceptors (Lipinski definition) is 2. The fourth-order valence-corrected chi connectivity index (χ4v) is 1.55. The molecule has 0 radical (unpaired) electrons. The minimum absolute atomic E-state index is 0.776. The number of ether oxygens (including phenoxy) is 1. The number of thioether (sulfide) groups is 1. The lowest BCUT2D eigenvalue weighted by Crippen LogP contribution is -2.00. The van der Waals surface area contributed by atoms with Gasteiger partial charge in [0.2, 0.25) is 0 Å². The summed E-state index contributed by atoms with van der Waals surface area (Å²) in [5.41, 5.74) is 1.18. The molecule has 0 atom stereocenters. The summed E-state index contributed by atoms with van der Waals surface area (Å²) >= 11 is 5.21. The van der Waals surface area contributed by atoms with E-state index in [0.717, 1.165) is 22.6 Å². The quantitative estimate of drug-likeness (QED) is 0.767. The summed E-state index contributed by atoms with van der Waals surface area (Å²) in [6.45, 7) is 2.83. The highest BCUT2D eigenvalue weighted by molar-refractivity contribution is 9.10. The van der Waals surface area contributed by atoms with Crippen molar-refractivity contribution in [2.45, 2.75) is 6.92 Å². The molecule has 1 nitrogen and oxygen atoms in total. The van der Waals surface area contributed by atoms with E-state index >= 15 is 0 Å². The highest BCUT2D eigenvalue weighted by atomic mass is 79.9. The van der Waals surface area contributed by atoms with Gasteiger partial charge >= 0.3 is 0 Å². The zero-order valence-corrected chi connectivity index (χ0v) is 10.2. The van der Waals surface area contributed by atoms with E-state index < -0.39 is 0 Å². The first-order chi connectivity index (χ1) is 6.24. The summed E-state index contributed by atoms with van der Waals surface area (Å²) in [7, 11) is 0. The fourth-order valence-electron chi connectivity index (χ4n) is 0.964. The molecule has 1 rings (SSSR count). The molecule has 0 aromatic heterocycles. The number of aryl methyl sites for hydroxylation is 1. The van der Waals surface area contributed by atoms with E-state index in [9.17, 15) is 0 Å². The molecule has 0 aliphatic rings. The van der Waals surface area contributed by atoms with Crippen molar-refractivity contribution in [3.63, 3.8) is 0 Å². The fraction of sp³-hybridized carbons (Fsp3) is 0.400. The Morgan fingerprint density at radius 2 is 2.23 bits per heavy atom. The summed E-state index contributed by atoms with van der Waals surface area (Å²) in [6.07, 6.45) is 2.08. The number of hydrogen-bond donors (Lipinski definition) is 0. The smallest absolute Gasteiger partial charge is 0.123 e. The van der Waals surface area contributed by atoms with Crippen LogP contribution in [0, 0.1) is 6.92 Å².